The van der Waals surface area contributed by atoms with Gasteiger partial charge in [-0.05, 0) is 13.8 Å². The van der Waals surface area contributed by atoms with Crippen LogP contribution in [0.15, 0.2) is 12.3 Å². The molecule has 3 heteroatoms. The Morgan fingerprint density at radius 2 is 1.86 bits per heavy atom. The fourth-order valence-electron chi connectivity index (χ4n) is 1.41. The SMILES string of the molecule is C=C(O)CC(C[N+](C)(C)C)OC(C)C. The Bertz CT molecular complexity index is 182. The quantitative estimate of drug-likeness (QED) is 0.527. The summed E-state index contributed by atoms with van der Waals surface area (Å²) in [7, 11) is 6.32. The van der Waals surface area contributed by atoms with E-state index >= 15 is 0 Å². The van der Waals surface area contributed by atoms with Crippen molar-refractivity contribution in [3.05, 3.63) is 12.3 Å². The number of hydrogen-bond acceptors (Lipinski definition) is 2. The maximum Gasteiger partial charge on any atom is 0.114 e. The monoisotopic (exact) mass is 202 g/mol. The zero-order valence-electron chi connectivity index (χ0n) is 10.1. The predicted octanol–water partition coefficient (Wildman–Crippen LogP) is 1.95. The summed E-state index contributed by atoms with van der Waals surface area (Å²) in [5.41, 5.74) is 0. The summed E-state index contributed by atoms with van der Waals surface area (Å²) >= 11 is 0. The van der Waals surface area contributed by atoms with E-state index in [2.05, 4.69) is 27.7 Å². The second kappa shape index (κ2) is 5.37. The van der Waals surface area contributed by atoms with Crippen LogP contribution in [0.2, 0.25) is 0 Å². The summed E-state index contributed by atoms with van der Waals surface area (Å²) in [5, 5.41) is 9.15. The van der Waals surface area contributed by atoms with Crippen molar-refractivity contribution >= 4 is 0 Å². The van der Waals surface area contributed by atoms with E-state index in [0.717, 1.165) is 11.0 Å². The van der Waals surface area contributed by atoms with Crippen LogP contribution in [0.25, 0.3) is 0 Å². The molecule has 0 rings (SSSR count). The Balaban J connectivity index is 4.17. The van der Waals surface area contributed by atoms with Crippen LogP contribution in [-0.2, 0) is 4.74 Å². The molecule has 1 atom stereocenters. The highest BCUT2D eigenvalue weighted by molar-refractivity contribution is 4.83. The smallest absolute Gasteiger partial charge is 0.114 e. The molecule has 0 amide bonds. The minimum atomic E-state index is 0.0486. The predicted molar refractivity (Wildman–Crippen MR) is 59.3 cm³/mol. The number of aliphatic hydroxyl groups is 1. The Morgan fingerprint density at radius 3 is 2.14 bits per heavy atom. The molecule has 0 aliphatic rings. The fourth-order valence-corrected chi connectivity index (χ4v) is 1.41. The molecule has 0 aromatic heterocycles. The van der Waals surface area contributed by atoms with Crippen molar-refractivity contribution in [3.8, 4) is 0 Å². The normalized spacial score (nSPS) is 14.4. The van der Waals surface area contributed by atoms with E-state index in [0.29, 0.717) is 6.42 Å². The van der Waals surface area contributed by atoms with E-state index in [1.807, 2.05) is 13.8 Å². The van der Waals surface area contributed by atoms with Crippen LogP contribution >= 0.6 is 0 Å². The maximum absolute atomic E-state index is 9.15. The molecule has 0 saturated heterocycles. The number of nitrogens with zero attached hydrogens (tertiary/aromatic N) is 1. The Labute approximate surface area is 87.6 Å². The highest BCUT2D eigenvalue weighted by atomic mass is 16.5. The van der Waals surface area contributed by atoms with Crippen molar-refractivity contribution in [2.24, 2.45) is 0 Å². The van der Waals surface area contributed by atoms with Crippen molar-refractivity contribution in [2.75, 3.05) is 27.7 Å². The van der Waals surface area contributed by atoms with Gasteiger partial charge in [-0.1, -0.05) is 6.58 Å². The second-order valence-electron chi connectivity index (χ2n) is 5.05. The van der Waals surface area contributed by atoms with E-state index in [1.165, 1.54) is 0 Å². The van der Waals surface area contributed by atoms with Crippen LogP contribution in [0.5, 0.6) is 0 Å². The van der Waals surface area contributed by atoms with Crippen LogP contribution in [-0.4, -0.2) is 49.5 Å². The first-order chi connectivity index (χ1) is 6.20. The van der Waals surface area contributed by atoms with Gasteiger partial charge in [0.05, 0.1) is 33.0 Å². The minimum absolute atomic E-state index is 0.0486. The summed E-state index contributed by atoms with van der Waals surface area (Å²) < 4.78 is 6.52. The van der Waals surface area contributed by atoms with E-state index in [-0.39, 0.29) is 18.0 Å². The number of aliphatic hydroxyl groups excluding tert-OH is 1. The van der Waals surface area contributed by atoms with Gasteiger partial charge in [-0.15, -0.1) is 0 Å². The molecular formula is C11H24NO2+. The van der Waals surface area contributed by atoms with Crippen molar-refractivity contribution in [1.29, 1.82) is 0 Å². The Morgan fingerprint density at radius 1 is 1.36 bits per heavy atom. The lowest BCUT2D eigenvalue weighted by molar-refractivity contribution is -0.873. The lowest BCUT2D eigenvalue weighted by atomic mass is 10.2. The number of quaternary nitrogens is 1. The summed E-state index contributed by atoms with van der Waals surface area (Å²) in [6, 6.07) is 0. The first kappa shape index (κ1) is 13.5. The van der Waals surface area contributed by atoms with Gasteiger partial charge in [0, 0.05) is 6.42 Å². The van der Waals surface area contributed by atoms with E-state index in [1.54, 1.807) is 0 Å². The average molecular weight is 202 g/mol. The Hall–Kier alpha value is -0.540. The zero-order valence-corrected chi connectivity index (χ0v) is 10.1. The number of hydrogen-bond donors (Lipinski definition) is 1. The zero-order chi connectivity index (χ0) is 11.4. The van der Waals surface area contributed by atoms with Crippen LogP contribution < -0.4 is 0 Å². The van der Waals surface area contributed by atoms with Gasteiger partial charge in [0.1, 0.15) is 12.6 Å². The maximum atomic E-state index is 9.15. The third-order valence-electron chi connectivity index (χ3n) is 1.68. The molecule has 1 unspecified atom stereocenters. The van der Waals surface area contributed by atoms with Crippen molar-refractivity contribution in [1.82, 2.24) is 0 Å². The molecule has 0 bridgehead atoms. The molecular weight excluding hydrogens is 178 g/mol. The molecule has 14 heavy (non-hydrogen) atoms. The van der Waals surface area contributed by atoms with Crippen molar-refractivity contribution in [2.45, 2.75) is 32.5 Å². The minimum Gasteiger partial charge on any atom is -0.513 e. The van der Waals surface area contributed by atoms with Crippen LogP contribution in [0.3, 0.4) is 0 Å². The van der Waals surface area contributed by atoms with Gasteiger partial charge in [0.2, 0.25) is 0 Å². The fraction of sp³-hybridized carbons (Fsp3) is 0.818. The van der Waals surface area contributed by atoms with Crippen LogP contribution in [0.4, 0.5) is 0 Å². The molecule has 84 valence electrons. The number of rotatable bonds is 6. The molecule has 0 aromatic rings. The number of likely N-dealkylation sites (N-methyl/N-ethyl adjacent to an activating group) is 1. The van der Waals surface area contributed by atoms with Crippen LogP contribution in [0, 0.1) is 0 Å². The third kappa shape index (κ3) is 8.08. The number of ether oxygens (including phenoxy) is 1. The third-order valence-corrected chi connectivity index (χ3v) is 1.68. The molecule has 3 nitrogen and oxygen atoms in total. The van der Waals surface area contributed by atoms with Gasteiger partial charge in [-0.3, -0.25) is 0 Å². The van der Waals surface area contributed by atoms with Crippen molar-refractivity contribution in [3.63, 3.8) is 0 Å². The molecule has 1 N–H and O–H groups in total. The molecule has 0 aliphatic carbocycles. The summed E-state index contributed by atoms with van der Waals surface area (Å²) in [5.74, 6) is 0.198. The van der Waals surface area contributed by atoms with Crippen LogP contribution in [0.1, 0.15) is 20.3 Å². The molecule has 0 radical (unpaired) electrons. The lowest BCUT2D eigenvalue weighted by Gasteiger charge is -2.30. The van der Waals surface area contributed by atoms with Crippen molar-refractivity contribution < 1.29 is 14.3 Å². The van der Waals surface area contributed by atoms with Gasteiger partial charge in [0.25, 0.3) is 0 Å². The second-order valence-corrected chi connectivity index (χ2v) is 5.05. The van der Waals surface area contributed by atoms with Gasteiger partial charge >= 0.3 is 0 Å². The van der Waals surface area contributed by atoms with Gasteiger partial charge in [-0.25, -0.2) is 0 Å². The molecule has 0 spiro atoms. The molecule has 0 fully saturated rings. The van der Waals surface area contributed by atoms with E-state index in [9.17, 15) is 0 Å². The molecule has 0 aliphatic heterocycles. The highest BCUT2D eigenvalue weighted by Gasteiger charge is 2.20. The Kier molecular flexibility index (Phi) is 5.16. The summed E-state index contributed by atoms with van der Waals surface area (Å²) in [6.45, 7) is 8.38. The standard InChI is InChI=1S/C11H23NO2/c1-9(2)14-11(7-10(3)13)8-12(4,5)6/h9,11H,3,7-8H2,1-2,4-6H3/p+1. The highest BCUT2D eigenvalue weighted by Crippen LogP contribution is 2.10. The molecule has 0 aromatic carbocycles. The van der Waals surface area contributed by atoms with Gasteiger partial charge in [0.15, 0.2) is 0 Å². The first-order valence-corrected chi connectivity index (χ1v) is 5.03. The topological polar surface area (TPSA) is 29.5 Å². The van der Waals surface area contributed by atoms with Gasteiger partial charge < -0.3 is 14.3 Å². The van der Waals surface area contributed by atoms with Gasteiger partial charge in [-0.2, -0.15) is 0 Å². The van der Waals surface area contributed by atoms with E-state index < -0.39 is 0 Å². The van der Waals surface area contributed by atoms with E-state index in [4.69, 9.17) is 9.84 Å². The molecule has 0 saturated carbocycles. The summed E-state index contributed by atoms with van der Waals surface area (Å²) in [6.07, 6.45) is 0.756. The largest absolute Gasteiger partial charge is 0.513 e. The lowest BCUT2D eigenvalue weighted by Crippen LogP contribution is -2.43. The molecule has 0 heterocycles. The first-order valence-electron chi connectivity index (χ1n) is 5.03. The summed E-state index contributed by atoms with van der Waals surface area (Å²) in [4.78, 5) is 0. The average Bonchev–Trinajstić information content (AvgIpc) is 1.77.